The third-order valence-corrected chi connectivity index (χ3v) is 3.70. The molecule has 90 valence electrons. The van der Waals surface area contributed by atoms with E-state index < -0.39 is 15.7 Å². The number of nitrogens with two attached hydrogens (primary N) is 1. The molecule has 0 spiro atoms. The Labute approximate surface area is 92.0 Å². The van der Waals surface area contributed by atoms with E-state index in [0.29, 0.717) is 12.5 Å². The molecule has 0 amide bonds. The number of rotatable bonds is 4. The molecule has 0 radical (unpaired) electrons. The van der Waals surface area contributed by atoms with E-state index in [1.54, 1.807) is 0 Å². The predicted octanol–water partition coefficient (Wildman–Crippen LogP) is -0.0538. The van der Waals surface area contributed by atoms with Crippen LogP contribution < -0.4 is 15.2 Å². The number of hydrogen-bond acceptors (Lipinski definition) is 3. The zero-order valence-electron chi connectivity index (χ0n) is 9.58. The van der Waals surface area contributed by atoms with Crippen molar-refractivity contribution < 1.29 is 8.42 Å². The third-order valence-electron chi connectivity index (χ3n) is 2.27. The van der Waals surface area contributed by atoms with Crippen molar-refractivity contribution in [2.24, 2.45) is 11.7 Å². The lowest BCUT2D eigenvalue weighted by Crippen LogP contribution is -2.50. The molecule has 1 aliphatic rings. The van der Waals surface area contributed by atoms with Crippen molar-refractivity contribution in [2.45, 2.75) is 45.2 Å². The van der Waals surface area contributed by atoms with Crippen LogP contribution in [0.3, 0.4) is 0 Å². The first kappa shape index (κ1) is 12.9. The smallest absolute Gasteiger partial charge is 0.277 e. The van der Waals surface area contributed by atoms with Gasteiger partial charge in [0.25, 0.3) is 10.2 Å². The Balaban J connectivity index is 2.31. The molecule has 0 aliphatic heterocycles. The third kappa shape index (κ3) is 4.92. The van der Waals surface area contributed by atoms with E-state index in [2.05, 4.69) is 9.44 Å². The molecule has 1 rings (SSSR count). The molecule has 0 saturated heterocycles. The summed E-state index contributed by atoms with van der Waals surface area (Å²) in [7, 11) is -3.37. The molecule has 0 aromatic carbocycles. The largest absolute Gasteiger partial charge is 0.328 e. The fourth-order valence-electron chi connectivity index (χ4n) is 1.62. The van der Waals surface area contributed by atoms with Crippen LogP contribution in [0, 0.1) is 5.92 Å². The van der Waals surface area contributed by atoms with Crippen molar-refractivity contribution >= 4 is 10.2 Å². The van der Waals surface area contributed by atoms with Gasteiger partial charge in [0.05, 0.1) is 0 Å². The zero-order valence-corrected chi connectivity index (χ0v) is 10.4. The van der Waals surface area contributed by atoms with Gasteiger partial charge in [0.15, 0.2) is 0 Å². The maximum atomic E-state index is 11.5. The lowest BCUT2D eigenvalue weighted by molar-refractivity contribution is 0.266. The van der Waals surface area contributed by atoms with E-state index in [0.717, 1.165) is 12.8 Å². The highest BCUT2D eigenvalue weighted by Crippen LogP contribution is 2.24. The fraction of sp³-hybridized carbons (Fsp3) is 1.00. The first-order valence-electron chi connectivity index (χ1n) is 5.22. The highest BCUT2D eigenvalue weighted by atomic mass is 32.2. The van der Waals surface area contributed by atoms with Gasteiger partial charge in [-0.1, -0.05) is 0 Å². The average molecular weight is 235 g/mol. The van der Waals surface area contributed by atoms with Crippen molar-refractivity contribution in [3.63, 3.8) is 0 Å². The van der Waals surface area contributed by atoms with Crippen molar-refractivity contribution in [3.05, 3.63) is 0 Å². The van der Waals surface area contributed by atoms with Crippen LogP contribution in [0.4, 0.5) is 0 Å². The van der Waals surface area contributed by atoms with E-state index in [1.165, 1.54) is 0 Å². The minimum atomic E-state index is -3.37. The molecule has 0 bridgehead atoms. The molecule has 1 saturated carbocycles. The van der Waals surface area contributed by atoms with Crippen molar-refractivity contribution in [3.8, 4) is 0 Å². The van der Waals surface area contributed by atoms with Crippen LogP contribution in [0.25, 0.3) is 0 Å². The van der Waals surface area contributed by atoms with Crippen LogP contribution in [-0.2, 0) is 10.2 Å². The Morgan fingerprint density at radius 1 is 1.33 bits per heavy atom. The summed E-state index contributed by atoms with van der Waals surface area (Å²) >= 11 is 0. The zero-order chi connectivity index (χ0) is 11.7. The Bertz CT molecular complexity index is 302. The molecule has 15 heavy (non-hydrogen) atoms. The van der Waals surface area contributed by atoms with E-state index >= 15 is 0 Å². The first-order chi connectivity index (χ1) is 6.68. The van der Waals surface area contributed by atoms with Gasteiger partial charge in [-0.2, -0.15) is 13.1 Å². The number of hydrogen-bond donors (Lipinski definition) is 3. The van der Waals surface area contributed by atoms with Gasteiger partial charge in [-0.15, -0.1) is 0 Å². The topological polar surface area (TPSA) is 84.2 Å². The summed E-state index contributed by atoms with van der Waals surface area (Å²) in [5, 5.41) is 0. The average Bonchev–Trinajstić information content (AvgIpc) is 1.90. The van der Waals surface area contributed by atoms with Crippen LogP contribution in [0.5, 0.6) is 0 Å². The van der Waals surface area contributed by atoms with Gasteiger partial charge in [-0.05, 0) is 39.5 Å². The second-order valence-corrected chi connectivity index (χ2v) is 6.80. The van der Waals surface area contributed by atoms with Crippen molar-refractivity contribution in [1.29, 1.82) is 0 Å². The summed E-state index contributed by atoms with van der Waals surface area (Å²) < 4.78 is 28.1. The lowest BCUT2D eigenvalue weighted by Gasteiger charge is -2.32. The monoisotopic (exact) mass is 235 g/mol. The summed E-state index contributed by atoms with van der Waals surface area (Å²) in [6, 6.07) is 0.259. The minimum absolute atomic E-state index is 0.259. The van der Waals surface area contributed by atoms with E-state index in [4.69, 9.17) is 5.73 Å². The molecule has 0 aromatic rings. The lowest BCUT2D eigenvalue weighted by atomic mass is 9.81. The van der Waals surface area contributed by atoms with Gasteiger partial charge in [0, 0.05) is 18.1 Å². The van der Waals surface area contributed by atoms with Gasteiger partial charge in [0.2, 0.25) is 0 Å². The summed E-state index contributed by atoms with van der Waals surface area (Å²) in [5.74, 6) is 0.400. The van der Waals surface area contributed by atoms with Crippen molar-refractivity contribution in [2.75, 3.05) is 6.54 Å². The summed E-state index contributed by atoms with van der Waals surface area (Å²) in [6.45, 7) is 5.92. The number of nitrogens with one attached hydrogen (secondary N) is 2. The van der Waals surface area contributed by atoms with Gasteiger partial charge < -0.3 is 5.73 Å². The molecule has 4 N–H and O–H groups in total. The van der Waals surface area contributed by atoms with Gasteiger partial charge in [-0.25, -0.2) is 4.72 Å². The van der Waals surface area contributed by atoms with Crippen LogP contribution in [-0.4, -0.2) is 26.5 Å². The molecule has 0 aromatic heterocycles. The second kappa shape index (κ2) is 4.37. The minimum Gasteiger partial charge on any atom is -0.328 e. The highest BCUT2D eigenvalue weighted by molar-refractivity contribution is 7.87. The molecule has 1 fully saturated rings. The first-order valence-corrected chi connectivity index (χ1v) is 6.70. The molecule has 0 atom stereocenters. The van der Waals surface area contributed by atoms with Gasteiger partial charge >= 0.3 is 0 Å². The maximum Gasteiger partial charge on any atom is 0.277 e. The molecule has 5 nitrogen and oxygen atoms in total. The second-order valence-electron chi connectivity index (χ2n) is 5.30. The standard InChI is InChI=1S/C9H21N3O2S/c1-9(2,3)12-15(13,14)11-6-7-4-8(10)5-7/h7-8,11-12H,4-6,10H2,1-3H3. The quantitative estimate of drug-likeness (QED) is 0.638. The Kier molecular flexibility index (Phi) is 3.76. The van der Waals surface area contributed by atoms with Crippen LogP contribution >= 0.6 is 0 Å². The van der Waals surface area contributed by atoms with Gasteiger partial charge in [0.1, 0.15) is 0 Å². The predicted molar refractivity (Wildman–Crippen MR) is 60.5 cm³/mol. The maximum absolute atomic E-state index is 11.5. The van der Waals surface area contributed by atoms with Crippen LogP contribution in [0.1, 0.15) is 33.6 Å². The molecular weight excluding hydrogens is 214 g/mol. The summed E-state index contributed by atoms with van der Waals surface area (Å²) in [5.41, 5.74) is 5.17. The Morgan fingerprint density at radius 3 is 2.27 bits per heavy atom. The van der Waals surface area contributed by atoms with Crippen LogP contribution in [0.15, 0.2) is 0 Å². The van der Waals surface area contributed by atoms with Crippen LogP contribution in [0.2, 0.25) is 0 Å². The molecular formula is C9H21N3O2S. The molecule has 0 heterocycles. The van der Waals surface area contributed by atoms with Gasteiger partial charge in [-0.3, -0.25) is 0 Å². The fourth-order valence-corrected chi connectivity index (χ4v) is 2.95. The van der Waals surface area contributed by atoms with E-state index in [9.17, 15) is 8.42 Å². The molecule has 0 unspecified atom stereocenters. The highest BCUT2D eigenvalue weighted by Gasteiger charge is 2.27. The van der Waals surface area contributed by atoms with E-state index in [-0.39, 0.29) is 6.04 Å². The Hall–Kier alpha value is -0.170. The molecule has 6 heteroatoms. The summed E-state index contributed by atoms with van der Waals surface area (Å²) in [4.78, 5) is 0. The van der Waals surface area contributed by atoms with Crippen molar-refractivity contribution in [1.82, 2.24) is 9.44 Å². The summed E-state index contributed by atoms with van der Waals surface area (Å²) in [6.07, 6.45) is 1.83. The SMILES string of the molecule is CC(C)(C)NS(=O)(=O)NCC1CC(N)C1. The van der Waals surface area contributed by atoms with E-state index in [1.807, 2.05) is 20.8 Å². The normalized spacial score (nSPS) is 27.5. The Morgan fingerprint density at radius 2 is 1.87 bits per heavy atom. The molecule has 1 aliphatic carbocycles.